The summed E-state index contributed by atoms with van der Waals surface area (Å²) in [4.78, 5) is 0. The standard InChI is InChI=1S/C7H12O4/c8-5-3-1-4(11-2-3)6(9)7(5)10/h3-10H,1-2H2/t3-,4-,5-,6+,7+/m1/s1. The van der Waals surface area contributed by atoms with Gasteiger partial charge in [0.1, 0.15) is 12.2 Å². The number of aliphatic hydroxyl groups is 3. The Morgan fingerprint density at radius 3 is 2.45 bits per heavy atom. The Morgan fingerprint density at radius 1 is 1.00 bits per heavy atom. The third-order valence-corrected chi connectivity index (χ3v) is 2.62. The van der Waals surface area contributed by atoms with Gasteiger partial charge in [-0.15, -0.1) is 0 Å². The van der Waals surface area contributed by atoms with E-state index in [1.54, 1.807) is 0 Å². The SMILES string of the molecule is O[C@H]1[C@H](O)[C@H]2CO[C@H](C2)[C@@H]1O. The molecule has 3 N–H and O–H groups in total. The van der Waals surface area contributed by atoms with E-state index in [9.17, 15) is 15.3 Å². The van der Waals surface area contributed by atoms with E-state index in [0.29, 0.717) is 13.0 Å². The summed E-state index contributed by atoms with van der Waals surface area (Å²) in [6.45, 7) is 0.458. The van der Waals surface area contributed by atoms with Crippen LogP contribution in [0.15, 0.2) is 0 Å². The van der Waals surface area contributed by atoms with Gasteiger partial charge in [-0.05, 0) is 6.42 Å². The molecule has 4 nitrogen and oxygen atoms in total. The van der Waals surface area contributed by atoms with Gasteiger partial charge in [0.25, 0.3) is 0 Å². The summed E-state index contributed by atoms with van der Waals surface area (Å²) in [5.41, 5.74) is 0. The van der Waals surface area contributed by atoms with Gasteiger partial charge in [0.2, 0.25) is 0 Å². The smallest absolute Gasteiger partial charge is 0.109 e. The number of fused-ring (bicyclic) bond motifs is 2. The molecule has 2 aliphatic rings. The molecule has 1 heterocycles. The molecule has 0 unspecified atom stereocenters. The molecule has 1 aliphatic carbocycles. The molecule has 2 fully saturated rings. The van der Waals surface area contributed by atoms with Gasteiger partial charge < -0.3 is 20.1 Å². The maximum absolute atomic E-state index is 9.34. The zero-order valence-electron chi connectivity index (χ0n) is 6.05. The number of hydrogen-bond acceptors (Lipinski definition) is 4. The highest BCUT2D eigenvalue weighted by Crippen LogP contribution is 2.33. The van der Waals surface area contributed by atoms with Gasteiger partial charge in [-0.25, -0.2) is 0 Å². The van der Waals surface area contributed by atoms with Crippen LogP contribution < -0.4 is 0 Å². The second-order valence-electron chi connectivity index (χ2n) is 3.34. The van der Waals surface area contributed by atoms with Crippen LogP contribution in [0.2, 0.25) is 0 Å². The highest BCUT2D eigenvalue weighted by atomic mass is 16.5. The topological polar surface area (TPSA) is 69.9 Å². The molecular formula is C7H12O4. The first-order valence-electron chi connectivity index (χ1n) is 3.86. The van der Waals surface area contributed by atoms with Crippen LogP contribution >= 0.6 is 0 Å². The zero-order valence-corrected chi connectivity index (χ0v) is 6.05. The van der Waals surface area contributed by atoms with E-state index in [1.807, 2.05) is 0 Å². The number of aliphatic hydroxyl groups excluding tert-OH is 3. The minimum absolute atomic E-state index is 0.0124. The van der Waals surface area contributed by atoms with Gasteiger partial charge in [0.15, 0.2) is 0 Å². The van der Waals surface area contributed by atoms with E-state index in [4.69, 9.17) is 4.74 Å². The van der Waals surface area contributed by atoms with Crippen LogP contribution in [0.25, 0.3) is 0 Å². The fourth-order valence-corrected chi connectivity index (χ4v) is 1.86. The summed E-state index contributed by atoms with van der Waals surface area (Å²) < 4.78 is 5.16. The van der Waals surface area contributed by atoms with Crippen LogP contribution in [0.3, 0.4) is 0 Å². The Labute approximate surface area is 64.4 Å². The molecule has 5 atom stereocenters. The van der Waals surface area contributed by atoms with Crippen molar-refractivity contribution in [3.63, 3.8) is 0 Å². The minimum atomic E-state index is -1.03. The summed E-state index contributed by atoms with van der Waals surface area (Å²) >= 11 is 0. The Morgan fingerprint density at radius 2 is 1.73 bits per heavy atom. The molecular weight excluding hydrogens is 148 g/mol. The van der Waals surface area contributed by atoms with Gasteiger partial charge >= 0.3 is 0 Å². The molecule has 1 saturated carbocycles. The number of rotatable bonds is 0. The predicted molar refractivity (Wildman–Crippen MR) is 35.9 cm³/mol. The Balaban J connectivity index is 2.16. The lowest BCUT2D eigenvalue weighted by molar-refractivity contribution is -0.119. The van der Waals surface area contributed by atoms with Crippen molar-refractivity contribution in [2.24, 2.45) is 5.92 Å². The highest BCUT2D eigenvalue weighted by Gasteiger charge is 2.47. The molecule has 1 saturated heterocycles. The molecule has 11 heavy (non-hydrogen) atoms. The molecule has 0 radical (unpaired) electrons. The lowest BCUT2D eigenvalue weighted by Crippen LogP contribution is -2.50. The average Bonchev–Trinajstić information content (AvgIpc) is 2.44. The van der Waals surface area contributed by atoms with Crippen LogP contribution in [-0.4, -0.2) is 46.3 Å². The van der Waals surface area contributed by atoms with Crippen molar-refractivity contribution in [3.8, 4) is 0 Å². The average molecular weight is 160 g/mol. The first kappa shape index (κ1) is 7.49. The first-order valence-corrected chi connectivity index (χ1v) is 3.86. The molecule has 0 amide bonds. The third-order valence-electron chi connectivity index (χ3n) is 2.62. The lowest BCUT2D eigenvalue weighted by Gasteiger charge is -2.32. The van der Waals surface area contributed by atoms with Crippen LogP contribution in [-0.2, 0) is 4.74 Å². The van der Waals surface area contributed by atoms with Gasteiger partial charge in [0, 0.05) is 5.92 Å². The first-order chi connectivity index (χ1) is 5.20. The van der Waals surface area contributed by atoms with Crippen molar-refractivity contribution >= 4 is 0 Å². The second kappa shape index (κ2) is 2.42. The number of hydrogen-bond donors (Lipinski definition) is 3. The molecule has 0 aromatic heterocycles. The summed E-state index contributed by atoms with van der Waals surface area (Å²) in [5, 5.41) is 27.9. The summed E-state index contributed by atoms with van der Waals surface area (Å²) in [7, 11) is 0. The van der Waals surface area contributed by atoms with E-state index < -0.39 is 18.3 Å². The minimum Gasteiger partial charge on any atom is -0.390 e. The van der Waals surface area contributed by atoms with Crippen LogP contribution in [0.4, 0.5) is 0 Å². The van der Waals surface area contributed by atoms with Gasteiger partial charge in [-0.2, -0.15) is 0 Å². The van der Waals surface area contributed by atoms with Crippen LogP contribution in [0.5, 0.6) is 0 Å². The second-order valence-corrected chi connectivity index (χ2v) is 3.34. The maximum atomic E-state index is 9.34. The largest absolute Gasteiger partial charge is 0.390 e. The zero-order chi connectivity index (χ0) is 8.01. The van der Waals surface area contributed by atoms with Crippen molar-refractivity contribution in [2.75, 3.05) is 6.61 Å². The Kier molecular flexibility index (Phi) is 1.64. The monoisotopic (exact) mass is 160 g/mol. The predicted octanol–water partition coefficient (Wildman–Crippen LogP) is -1.51. The van der Waals surface area contributed by atoms with E-state index in [2.05, 4.69) is 0 Å². The van der Waals surface area contributed by atoms with E-state index in [0.717, 1.165) is 0 Å². The normalized spacial score (nSPS) is 56.5. The van der Waals surface area contributed by atoms with E-state index in [1.165, 1.54) is 0 Å². The van der Waals surface area contributed by atoms with Crippen molar-refractivity contribution in [1.82, 2.24) is 0 Å². The molecule has 2 rings (SSSR count). The van der Waals surface area contributed by atoms with E-state index in [-0.39, 0.29) is 12.0 Å². The van der Waals surface area contributed by atoms with Crippen molar-refractivity contribution < 1.29 is 20.1 Å². The fraction of sp³-hybridized carbons (Fsp3) is 1.00. The Hall–Kier alpha value is -0.160. The summed E-state index contributed by atoms with van der Waals surface area (Å²) in [6, 6.07) is 0. The Bertz CT molecular complexity index is 141. The third kappa shape index (κ3) is 0.980. The molecule has 0 aromatic carbocycles. The van der Waals surface area contributed by atoms with Crippen molar-refractivity contribution in [1.29, 1.82) is 0 Å². The maximum Gasteiger partial charge on any atom is 0.109 e. The van der Waals surface area contributed by atoms with Gasteiger partial charge in [-0.3, -0.25) is 0 Å². The van der Waals surface area contributed by atoms with Crippen LogP contribution in [0.1, 0.15) is 6.42 Å². The number of ether oxygens (including phenoxy) is 1. The molecule has 1 aliphatic heterocycles. The van der Waals surface area contributed by atoms with Crippen molar-refractivity contribution in [3.05, 3.63) is 0 Å². The lowest BCUT2D eigenvalue weighted by atomic mass is 9.84. The molecule has 4 heteroatoms. The molecule has 0 spiro atoms. The summed E-state index contributed by atoms with van der Waals surface area (Å²) in [5.74, 6) is 0.0124. The molecule has 64 valence electrons. The molecule has 2 bridgehead atoms. The van der Waals surface area contributed by atoms with Crippen LogP contribution in [0, 0.1) is 5.92 Å². The van der Waals surface area contributed by atoms with Gasteiger partial charge in [0.05, 0.1) is 18.8 Å². The van der Waals surface area contributed by atoms with E-state index >= 15 is 0 Å². The highest BCUT2D eigenvalue weighted by molar-refractivity contribution is 4.96. The van der Waals surface area contributed by atoms with Crippen molar-refractivity contribution in [2.45, 2.75) is 30.8 Å². The fourth-order valence-electron chi connectivity index (χ4n) is 1.86. The summed E-state index contributed by atoms with van der Waals surface area (Å²) in [6.07, 6.45) is -2.36. The molecule has 0 aromatic rings. The quantitative estimate of drug-likeness (QED) is 0.403. The van der Waals surface area contributed by atoms with Gasteiger partial charge in [-0.1, -0.05) is 0 Å².